The second kappa shape index (κ2) is 6.48. The molecular formula is C14H13FN4O. The predicted molar refractivity (Wildman–Crippen MR) is 72.0 cm³/mol. The van der Waals surface area contributed by atoms with E-state index in [0.717, 1.165) is 12.6 Å². The molecule has 20 heavy (non-hydrogen) atoms. The van der Waals surface area contributed by atoms with E-state index in [9.17, 15) is 4.39 Å². The van der Waals surface area contributed by atoms with Gasteiger partial charge in [-0.3, -0.25) is 0 Å². The van der Waals surface area contributed by atoms with Crippen LogP contribution in [0.1, 0.15) is 18.9 Å². The zero-order chi connectivity index (χ0) is 14.4. The number of benzene rings is 1. The first-order chi connectivity index (χ1) is 9.74. The molecule has 5 nitrogen and oxygen atoms in total. The van der Waals surface area contributed by atoms with Crippen LogP contribution < -0.4 is 10.1 Å². The van der Waals surface area contributed by atoms with Gasteiger partial charge in [0, 0.05) is 6.54 Å². The Bertz CT molecular complexity index is 639. The van der Waals surface area contributed by atoms with E-state index in [4.69, 9.17) is 10.00 Å². The van der Waals surface area contributed by atoms with Gasteiger partial charge in [-0.2, -0.15) is 14.6 Å². The molecule has 0 fully saturated rings. The van der Waals surface area contributed by atoms with Gasteiger partial charge >= 0.3 is 0 Å². The normalized spacial score (nSPS) is 9.85. The molecule has 0 saturated heterocycles. The predicted octanol–water partition coefficient (Wildman–Crippen LogP) is 3.10. The molecule has 0 unspecified atom stereocenters. The molecular weight excluding hydrogens is 259 g/mol. The Morgan fingerprint density at radius 1 is 1.40 bits per heavy atom. The third kappa shape index (κ3) is 3.20. The first-order valence-electron chi connectivity index (χ1n) is 6.18. The van der Waals surface area contributed by atoms with Gasteiger partial charge in [0.1, 0.15) is 11.8 Å². The maximum Gasteiger partial charge on any atom is 0.260 e. The Kier molecular flexibility index (Phi) is 4.45. The number of rotatable bonds is 5. The number of nitrogens with zero attached hydrogens (tertiary/aromatic N) is 3. The number of nitriles is 1. The van der Waals surface area contributed by atoms with Crippen molar-refractivity contribution in [3.05, 3.63) is 41.8 Å². The van der Waals surface area contributed by atoms with Crippen LogP contribution in [0.5, 0.6) is 11.6 Å². The molecule has 102 valence electrons. The zero-order valence-corrected chi connectivity index (χ0v) is 10.9. The molecule has 2 rings (SSSR count). The average Bonchev–Trinajstić information content (AvgIpc) is 2.48. The van der Waals surface area contributed by atoms with Gasteiger partial charge in [-0.15, -0.1) is 0 Å². The third-order valence-electron chi connectivity index (χ3n) is 2.46. The molecule has 6 heteroatoms. The minimum absolute atomic E-state index is 0.207. The van der Waals surface area contributed by atoms with Crippen LogP contribution in [0.3, 0.4) is 0 Å². The lowest BCUT2D eigenvalue weighted by Crippen LogP contribution is -2.06. The van der Waals surface area contributed by atoms with Crippen molar-refractivity contribution in [3.8, 4) is 17.7 Å². The van der Waals surface area contributed by atoms with Gasteiger partial charge in [0.25, 0.3) is 5.88 Å². The van der Waals surface area contributed by atoms with Crippen molar-refractivity contribution >= 4 is 5.95 Å². The number of hydrogen-bond donors (Lipinski definition) is 1. The topological polar surface area (TPSA) is 70.8 Å². The zero-order valence-electron chi connectivity index (χ0n) is 10.9. The third-order valence-corrected chi connectivity index (χ3v) is 2.46. The summed E-state index contributed by atoms with van der Waals surface area (Å²) in [5.74, 6) is -0.340. The molecule has 1 heterocycles. The van der Waals surface area contributed by atoms with Crippen LogP contribution >= 0.6 is 0 Å². The molecule has 2 aromatic rings. The van der Waals surface area contributed by atoms with Crippen LogP contribution in [0.2, 0.25) is 0 Å². The second-order valence-corrected chi connectivity index (χ2v) is 3.98. The Hall–Kier alpha value is -2.68. The van der Waals surface area contributed by atoms with Crippen molar-refractivity contribution in [1.29, 1.82) is 5.26 Å². The van der Waals surface area contributed by atoms with E-state index >= 15 is 0 Å². The van der Waals surface area contributed by atoms with Crippen molar-refractivity contribution < 1.29 is 9.13 Å². The number of aromatic nitrogens is 2. The van der Waals surface area contributed by atoms with Gasteiger partial charge in [-0.1, -0.05) is 19.1 Å². The van der Waals surface area contributed by atoms with Gasteiger partial charge in [0.2, 0.25) is 11.8 Å². The monoisotopic (exact) mass is 272 g/mol. The van der Waals surface area contributed by atoms with Gasteiger partial charge in [0.15, 0.2) is 0 Å². The highest BCUT2D eigenvalue weighted by Crippen LogP contribution is 2.25. The van der Waals surface area contributed by atoms with Gasteiger partial charge in [-0.05, 0) is 18.6 Å². The standard InChI is InChI=1S/C14H13FN4O/c1-2-7-17-14-18-9-11(15)13(19-14)20-12-6-4-3-5-10(12)8-16/h3-6,9H,2,7H2,1H3,(H,17,18,19). The number of ether oxygens (including phenoxy) is 1. The molecule has 0 radical (unpaired) electrons. The number of para-hydroxylation sites is 1. The molecule has 1 N–H and O–H groups in total. The van der Waals surface area contributed by atoms with E-state index in [1.807, 2.05) is 13.0 Å². The molecule has 0 aliphatic carbocycles. The Labute approximate surface area is 116 Å². The van der Waals surface area contributed by atoms with Crippen LogP contribution in [0.15, 0.2) is 30.5 Å². The van der Waals surface area contributed by atoms with E-state index in [0.29, 0.717) is 12.1 Å². The molecule has 0 bridgehead atoms. The quantitative estimate of drug-likeness (QED) is 0.905. The highest BCUT2D eigenvalue weighted by Gasteiger charge is 2.11. The Morgan fingerprint density at radius 2 is 2.20 bits per heavy atom. The maximum atomic E-state index is 13.7. The van der Waals surface area contributed by atoms with Crippen molar-refractivity contribution in [2.45, 2.75) is 13.3 Å². The summed E-state index contributed by atoms with van der Waals surface area (Å²) in [5.41, 5.74) is 0.313. The van der Waals surface area contributed by atoms with Crippen LogP contribution in [0.4, 0.5) is 10.3 Å². The average molecular weight is 272 g/mol. The molecule has 0 aliphatic rings. The van der Waals surface area contributed by atoms with E-state index < -0.39 is 5.82 Å². The van der Waals surface area contributed by atoms with Crippen LogP contribution in [0, 0.1) is 17.1 Å². The lowest BCUT2D eigenvalue weighted by Gasteiger charge is -2.08. The molecule has 0 atom stereocenters. The fraction of sp³-hybridized carbons (Fsp3) is 0.214. The number of hydrogen-bond acceptors (Lipinski definition) is 5. The van der Waals surface area contributed by atoms with Gasteiger partial charge in [0.05, 0.1) is 11.8 Å². The van der Waals surface area contributed by atoms with Gasteiger partial charge in [-0.25, -0.2) is 4.98 Å². The molecule has 0 amide bonds. The minimum Gasteiger partial charge on any atom is -0.435 e. The lowest BCUT2D eigenvalue weighted by atomic mass is 10.2. The van der Waals surface area contributed by atoms with Crippen LogP contribution in [-0.4, -0.2) is 16.5 Å². The van der Waals surface area contributed by atoms with Gasteiger partial charge < -0.3 is 10.1 Å². The molecule has 1 aromatic carbocycles. The fourth-order valence-electron chi connectivity index (χ4n) is 1.50. The van der Waals surface area contributed by atoms with Crippen molar-refractivity contribution in [2.24, 2.45) is 0 Å². The van der Waals surface area contributed by atoms with Crippen molar-refractivity contribution in [1.82, 2.24) is 9.97 Å². The first kappa shape index (κ1) is 13.7. The summed E-state index contributed by atoms with van der Waals surface area (Å²) in [6.45, 7) is 2.68. The largest absolute Gasteiger partial charge is 0.435 e. The smallest absolute Gasteiger partial charge is 0.260 e. The Morgan fingerprint density at radius 3 is 2.95 bits per heavy atom. The fourth-order valence-corrected chi connectivity index (χ4v) is 1.50. The van der Waals surface area contributed by atoms with E-state index in [1.165, 1.54) is 0 Å². The SMILES string of the molecule is CCCNc1ncc(F)c(Oc2ccccc2C#N)n1. The molecule has 0 saturated carbocycles. The van der Waals surface area contributed by atoms with E-state index in [-0.39, 0.29) is 17.6 Å². The summed E-state index contributed by atoms with van der Waals surface area (Å²) < 4.78 is 19.0. The maximum absolute atomic E-state index is 13.7. The van der Waals surface area contributed by atoms with Crippen molar-refractivity contribution in [3.63, 3.8) is 0 Å². The summed E-state index contributed by atoms with van der Waals surface area (Å²) in [6, 6.07) is 8.55. The second-order valence-electron chi connectivity index (χ2n) is 3.98. The summed E-state index contributed by atoms with van der Waals surface area (Å²) in [4.78, 5) is 7.77. The number of halogens is 1. The van der Waals surface area contributed by atoms with Crippen molar-refractivity contribution in [2.75, 3.05) is 11.9 Å². The molecule has 0 spiro atoms. The highest BCUT2D eigenvalue weighted by atomic mass is 19.1. The molecule has 1 aromatic heterocycles. The highest BCUT2D eigenvalue weighted by molar-refractivity contribution is 5.44. The first-order valence-corrected chi connectivity index (χ1v) is 6.18. The number of anilines is 1. The molecule has 0 aliphatic heterocycles. The minimum atomic E-state index is -0.681. The summed E-state index contributed by atoms with van der Waals surface area (Å²) in [6.07, 6.45) is 1.93. The van der Waals surface area contributed by atoms with Crippen LogP contribution in [0.25, 0.3) is 0 Å². The summed E-state index contributed by atoms with van der Waals surface area (Å²) >= 11 is 0. The summed E-state index contributed by atoms with van der Waals surface area (Å²) in [5, 5.41) is 11.9. The van der Waals surface area contributed by atoms with E-state index in [1.54, 1.807) is 24.3 Å². The Balaban J connectivity index is 2.26. The summed E-state index contributed by atoms with van der Waals surface area (Å²) in [7, 11) is 0. The number of nitrogens with one attached hydrogen (secondary N) is 1. The van der Waals surface area contributed by atoms with E-state index in [2.05, 4.69) is 15.3 Å². The van der Waals surface area contributed by atoms with Crippen LogP contribution in [-0.2, 0) is 0 Å². The lowest BCUT2D eigenvalue weighted by molar-refractivity contribution is 0.419.